The van der Waals surface area contributed by atoms with Crippen LogP contribution in [-0.2, 0) is 17.8 Å². The van der Waals surface area contributed by atoms with Gasteiger partial charge in [-0.1, -0.05) is 30.3 Å². The molecule has 0 unspecified atom stereocenters. The van der Waals surface area contributed by atoms with Gasteiger partial charge in [-0.2, -0.15) is 0 Å². The first-order valence-electron chi connectivity index (χ1n) is 11.0. The molecule has 0 N–H and O–H groups in total. The largest absolute Gasteiger partial charge is 0.342 e. The summed E-state index contributed by atoms with van der Waals surface area (Å²) in [4.78, 5) is 24.0. The van der Waals surface area contributed by atoms with Crippen LogP contribution in [0.1, 0.15) is 25.3 Å². The molecule has 0 aliphatic carbocycles. The van der Waals surface area contributed by atoms with E-state index >= 15 is 0 Å². The molecule has 2 aromatic rings. The average Bonchev–Trinajstić information content (AvgIpc) is 3.24. The number of aryl methyl sites for hydroxylation is 1. The van der Waals surface area contributed by atoms with Gasteiger partial charge < -0.3 is 14.4 Å². The summed E-state index contributed by atoms with van der Waals surface area (Å²) in [5, 5.41) is 0. The van der Waals surface area contributed by atoms with Gasteiger partial charge in [0.15, 0.2) is 0 Å². The van der Waals surface area contributed by atoms with Crippen molar-refractivity contribution in [1.82, 2.24) is 19.4 Å². The molecule has 2 saturated heterocycles. The Bertz CT molecular complexity index is 774. The number of aromatic nitrogens is 2. The van der Waals surface area contributed by atoms with Crippen LogP contribution in [0.15, 0.2) is 42.7 Å². The van der Waals surface area contributed by atoms with Crippen molar-refractivity contribution in [2.45, 2.75) is 32.7 Å². The molecule has 0 bridgehead atoms. The third-order valence-electron chi connectivity index (χ3n) is 6.38. The quantitative estimate of drug-likeness (QED) is 0.754. The van der Waals surface area contributed by atoms with Crippen molar-refractivity contribution in [3.05, 3.63) is 48.3 Å². The van der Waals surface area contributed by atoms with E-state index in [-0.39, 0.29) is 0 Å². The SMILES string of the molecule is CCn1ccnc1N1CCN(CC(=O)N2CCC(Cc3ccccc3)CC2)CC1. The molecule has 0 saturated carbocycles. The molecular formula is C23H33N5O. The minimum atomic E-state index is 0.298. The van der Waals surface area contributed by atoms with E-state index < -0.39 is 0 Å². The highest BCUT2D eigenvalue weighted by atomic mass is 16.2. The van der Waals surface area contributed by atoms with E-state index in [1.165, 1.54) is 5.56 Å². The fourth-order valence-electron chi connectivity index (χ4n) is 4.56. The van der Waals surface area contributed by atoms with E-state index in [2.05, 4.69) is 61.5 Å². The van der Waals surface area contributed by atoms with Crippen molar-refractivity contribution in [3.8, 4) is 0 Å². The number of carbonyl (C=O) groups excluding carboxylic acids is 1. The summed E-state index contributed by atoms with van der Waals surface area (Å²) < 4.78 is 2.18. The Labute approximate surface area is 174 Å². The van der Waals surface area contributed by atoms with Crippen molar-refractivity contribution in [2.75, 3.05) is 50.7 Å². The number of likely N-dealkylation sites (tertiary alicyclic amines) is 1. The van der Waals surface area contributed by atoms with Gasteiger partial charge in [-0.15, -0.1) is 0 Å². The van der Waals surface area contributed by atoms with Crippen molar-refractivity contribution in [1.29, 1.82) is 0 Å². The van der Waals surface area contributed by atoms with Gasteiger partial charge in [-0.3, -0.25) is 9.69 Å². The van der Waals surface area contributed by atoms with Crippen LogP contribution in [0.2, 0.25) is 0 Å². The summed E-state index contributed by atoms with van der Waals surface area (Å²) in [5.41, 5.74) is 1.42. The van der Waals surface area contributed by atoms with E-state index in [0.717, 1.165) is 71.0 Å². The molecule has 2 fully saturated rings. The number of piperazine rings is 1. The molecule has 0 spiro atoms. The van der Waals surface area contributed by atoms with Crippen molar-refractivity contribution >= 4 is 11.9 Å². The molecule has 6 nitrogen and oxygen atoms in total. The molecule has 1 aromatic carbocycles. The van der Waals surface area contributed by atoms with Gasteiger partial charge >= 0.3 is 0 Å². The van der Waals surface area contributed by atoms with Crippen molar-refractivity contribution in [2.24, 2.45) is 5.92 Å². The van der Waals surface area contributed by atoms with Crippen molar-refractivity contribution < 1.29 is 4.79 Å². The molecule has 1 aromatic heterocycles. The van der Waals surface area contributed by atoms with E-state index in [4.69, 9.17) is 0 Å². The predicted octanol–water partition coefficient (Wildman–Crippen LogP) is 2.51. The fourth-order valence-corrected chi connectivity index (χ4v) is 4.56. The normalized spacial score (nSPS) is 18.9. The monoisotopic (exact) mass is 395 g/mol. The van der Waals surface area contributed by atoms with Crippen LogP contribution < -0.4 is 4.90 Å². The minimum absolute atomic E-state index is 0.298. The summed E-state index contributed by atoms with van der Waals surface area (Å²) in [6.07, 6.45) is 7.28. The Balaban J connectivity index is 1.20. The molecule has 2 aliphatic heterocycles. The lowest BCUT2D eigenvalue weighted by molar-refractivity contribution is -0.133. The topological polar surface area (TPSA) is 44.6 Å². The van der Waals surface area contributed by atoms with Gasteiger partial charge in [-0.25, -0.2) is 4.98 Å². The summed E-state index contributed by atoms with van der Waals surface area (Å²) in [6.45, 7) is 9.16. The Morgan fingerprint density at radius 2 is 1.76 bits per heavy atom. The molecule has 0 atom stereocenters. The Morgan fingerprint density at radius 1 is 1.03 bits per heavy atom. The Morgan fingerprint density at radius 3 is 2.45 bits per heavy atom. The van der Waals surface area contributed by atoms with Gasteiger partial charge in [0.2, 0.25) is 11.9 Å². The second-order valence-electron chi connectivity index (χ2n) is 8.29. The van der Waals surface area contributed by atoms with Crippen molar-refractivity contribution in [3.63, 3.8) is 0 Å². The first-order chi connectivity index (χ1) is 14.2. The maximum atomic E-state index is 12.8. The Kier molecular flexibility index (Phi) is 6.49. The molecule has 2 aliphatic rings. The molecular weight excluding hydrogens is 362 g/mol. The lowest BCUT2D eigenvalue weighted by Crippen LogP contribution is -2.51. The smallest absolute Gasteiger partial charge is 0.236 e. The number of piperidine rings is 1. The van der Waals surface area contributed by atoms with Gasteiger partial charge in [0.05, 0.1) is 6.54 Å². The zero-order chi connectivity index (χ0) is 20.1. The van der Waals surface area contributed by atoms with E-state index in [1.54, 1.807) is 0 Å². The van der Waals surface area contributed by atoms with Crippen LogP contribution in [0.5, 0.6) is 0 Å². The van der Waals surface area contributed by atoms with Crippen LogP contribution in [-0.4, -0.2) is 71.1 Å². The number of anilines is 1. The zero-order valence-corrected chi connectivity index (χ0v) is 17.5. The molecule has 156 valence electrons. The summed E-state index contributed by atoms with van der Waals surface area (Å²) in [5.74, 6) is 2.05. The fraction of sp³-hybridized carbons (Fsp3) is 0.565. The zero-order valence-electron chi connectivity index (χ0n) is 17.5. The summed E-state index contributed by atoms with van der Waals surface area (Å²) in [6, 6.07) is 10.7. The van der Waals surface area contributed by atoms with Crippen LogP contribution >= 0.6 is 0 Å². The van der Waals surface area contributed by atoms with Crippen LogP contribution in [0.3, 0.4) is 0 Å². The van der Waals surface area contributed by atoms with Crippen LogP contribution in [0, 0.1) is 5.92 Å². The lowest BCUT2D eigenvalue weighted by atomic mass is 9.90. The van der Waals surface area contributed by atoms with Gasteiger partial charge in [-0.05, 0) is 37.7 Å². The highest BCUT2D eigenvalue weighted by Crippen LogP contribution is 2.22. The summed E-state index contributed by atoms with van der Waals surface area (Å²) in [7, 11) is 0. The third kappa shape index (κ3) is 4.99. The number of hydrogen-bond donors (Lipinski definition) is 0. The Hall–Kier alpha value is -2.34. The number of benzene rings is 1. The number of hydrogen-bond acceptors (Lipinski definition) is 4. The molecule has 0 radical (unpaired) electrons. The number of nitrogens with zero attached hydrogens (tertiary/aromatic N) is 5. The second kappa shape index (κ2) is 9.44. The maximum absolute atomic E-state index is 12.8. The van der Waals surface area contributed by atoms with Crippen LogP contribution in [0.4, 0.5) is 5.95 Å². The lowest BCUT2D eigenvalue weighted by Gasteiger charge is -2.37. The van der Waals surface area contributed by atoms with Gasteiger partial charge in [0.1, 0.15) is 0 Å². The molecule has 3 heterocycles. The highest BCUT2D eigenvalue weighted by molar-refractivity contribution is 5.78. The first-order valence-corrected chi connectivity index (χ1v) is 11.0. The number of amides is 1. The van der Waals surface area contributed by atoms with E-state index in [0.29, 0.717) is 18.4 Å². The average molecular weight is 396 g/mol. The molecule has 6 heteroatoms. The van der Waals surface area contributed by atoms with Crippen LogP contribution in [0.25, 0.3) is 0 Å². The van der Waals surface area contributed by atoms with E-state index in [1.807, 2.05) is 12.4 Å². The first kappa shape index (κ1) is 20.0. The highest BCUT2D eigenvalue weighted by Gasteiger charge is 2.26. The minimum Gasteiger partial charge on any atom is -0.342 e. The molecule has 4 rings (SSSR count). The number of rotatable bonds is 6. The van der Waals surface area contributed by atoms with Gasteiger partial charge in [0, 0.05) is 58.2 Å². The third-order valence-corrected chi connectivity index (χ3v) is 6.38. The van der Waals surface area contributed by atoms with Gasteiger partial charge in [0.25, 0.3) is 0 Å². The number of carbonyl (C=O) groups is 1. The molecule has 1 amide bonds. The number of imidazole rings is 1. The standard InChI is InChI=1S/C23H33N5O/c1-2-26-13-10-24-23(26)28-16-14-25(15-17-28)19-22(29)27-11-8-21(9-12-27)18-20-6-4-3-5-7-20/h3-7,10,13,21H,2,8-9,11-12,14-19H2,1H3. The second-order valence-corrected chi connectivity index (χ2v) is 8.29. The predicted molar refractivity (Wildman–Crippen MR) is 116 cm³/mol. The molecule has 29 heavy (non-hydrogen) atoms. The maximum Gasteiger partial charge on any atom is 0.236 e. The van der Waals surface area contributed by atoms with E-state index in [9.17, 15) is 4.79 Å². The summed E-state index contributed by atoms with van der Waals surface area (Å²) >= 11 is 0.